The maximum atomic E-state index is 11.2. The zero-order valence-corrected chi connectivity index (χ0v) is 8.83. The fraction of sp³-hybridized carbons (Fsp3) is 0.333. The van der Waals surface area contributed by atoms with Crippen LogP contribution in [0.15, 0.2) is 18.3 Å². The molecule has 1 atom stereocenters. The maximum Gasteiger partial charge on any atom is 0.334 e. The minimum Gasteiger partial charge on any atom is -0.479 e. The van der Waals surface area contributed by atoms with Gasteiger partial charge in [0.05, 0.1) is 18.8 Å². The molecule has 2 amide bonds. The molecule has 0 radical (unpaired) electrons. The summed E-state index contributed by atoms with van der Waals surface area (Å²) in [5.74, 6) is -1.39. The summed E-state index contributed by atoms with van der Waals surface area (Å²) in [4.78, 5) is 21.4. The minimum atomic E-state index is -1.61. The third-order valence-electron chi connectivity index (χ3n) is 1.80. The number of hydrogen-bond donors (Lipinski definition) is 4. The number of aliphatic hydroxyl groups is 1. The Labute approximate surface area is 96.7 Å². The van der Waals surface area contributed by atoms with E-state index in [0.717, 1.165) is 0 Å². The van der Waals surface area contributed by atoms with Crippen LogP contribution in [0.3, 0.4) is 0 Å². The quantitative estimate of drug-likeness (QED) is 0.508. The number of hydrogen-bond acceptors (Lipinski definition) is 5. The van der Waals surface area contributed by atoms with E-state index in [1.54, 1.807) is 12.1 Å². The number of rotatable bonds is 5. The molecule has 92 valence electrons. The number of nitrogens with one attached hydrogen (secondary N) is 2. The normalized spacial score (nSPS) is 11.6. The Balaban J connectivity index is 2.24. The van der Waals surface area contributed by atoms with Crippen LogP contribution in [0.1, 0.15) is 5.69 Å². The first-order valence-corrected chi connectivity index (χ1v) is 4.78. The van der Waals surface area contributed by atoms with Gasteiger partial charge in [0, 0.05) is 6.20 Å². The van der Waals surface area contributed by atoms with Crippen molar-refractivity contribution in [3.05, 3.63) is 24.0 Å². The number of nitrogens with zero attached hydrogens (tertiary/aromatic N) is 2. The molecule has 17 heavy (non-hydrogen) atoms. The topological polar surface area (TPSA) is 124 Å². The lowest BCUT2D eigenvalue weighted by atomic mass is 10.3. The van der Waals surface area contributed by atoms with E-state index >= 15 is 0 Å². The Bertz CT molecular complexity index is 384. The lowest BCUT2D eigenvalue weighted by molar-refractivity contribution is -0.146. The van der Waals surface area contributed by atoms with Crippen molar-refractivity contribution in [2.45, 2.75) is 12.6 Å². The fourth-order valence-electron chi connectivity index (χ4n) is 0.938. The van der Waals surface area contributed by atoms with Crippen LogP contribution in [-0.2, 0) is 11.3 Å². The summed E-state index contributed by atoms with van der Waals surface area (Å²) < 4.78 is 0. The van der Waals surface area contributed by atoms with Gasteiger partial charge in [-0.2, -0.15) is 10.2 Å². The molecular weight excluding hydrogens is 228 g/mol. The molecule has 1 aromatic rings. The molecule has 8 nitrogen and oxygen atoms in total. The van der Waals surface area contributed by atoms with Gasteiger partial charge in [-0.25, -0.2) is 9.59 Å². The number of carbonyl (C=O) groups is 2. The summed E-state index contributed by atoms with van der Waals surface area (Å²) in [7, 11) is 0. The molecule has 0 bridgehead atoms. The average molecular weight is 240 g/mol. The Hall–Kier alpha value is -2.22. The van der Waals surface area contributed by atoms with Crippen LogP contribution < -0.4 is 10.6 Å². The Morgan fingerprint density at radius 2 is 2.18 bits per heavy atom. The summed E-state index contributed by atoms with van der Waals surface area (Å²) in [5.41, 5.74) is 0.571. The number of aliphatic hydroxyl groups excluding tert-OH is 1. The largest absolute Gasteiger partial charge is 0.479 e. The van der Waals surface area contributed by atoms with E-state index in [4.69, 9.17) is 10.2 Å². The van der Waals surface area contributed by atoms with Gasteiger partial charge in [-0.15, -0.1) is 0 Å². The number of amides is 2. The molecule has 4 N–H and O–H groups in total. The van der Waals surface area contributed by atoms with E-state index in [-0.39, 0.29) is 13.1 Å². The summed E-state index contributed by atoms with van der Waals surface area (Å²) in [6.45, 7) is -0.190. The van der Waals surface area contributed by atoms with Crippen LogP contribution in [-0.4, -0.2) is 45.1 Å². The van der Waals surface area contributed by atoms with Crippen LogP contribution in [0.4, 0.5) is 4.79 Å². The van der Waals surface area contributed by atoms with Gasteiger partial charge < -0.3 is 20.8 Å². The van der Waals surface area contributed by atoms with Crippen molar-refractivity contribution in [2.75, 3.05) is 6.54 Å². The van der Waals surface area contributed by atoms with E-state index in [2.05, 4.69) is 20.8 Å². The molecule has 0 saturated carbocycles. The van der Waals surface area contributed by atoms with Crippen molar-refractivity contribution < 1.29 is 19.8 Å². The predicted molar refractivity (Wildman–Crippen MR) is 55.9 cm³/mol. The SMILES string of the molecule is O=C(NCc1cccnn1)NCC(O)C(=O)O. The second kappa shape index (κ2) is 6.38. The van der Waals surface area contributed by atoms with Gasteiger partial charge >= 0.3 is 12.0 Å². The van der Waals surface area contributed by atoms with E-state index in [9.17, 15) is 9.59 Å². The van der Waals surface area contributed by atoms with E-state index < -0.39 is 18.1 Å². The van der Waals surface area contributed by atoms with Gasteiger partial charge in [0.15, 0.2) is 6.10 Å². The van der Waals surface area contributed by atoms with Crippen molar-refractivity contribution >= 4 is 12.0 Å². The van der Waals surface area contributed by atoms with Crippen molar-refractivity contribution in [2.24, 2.45) is 0 Å². The van der Waals surface area contributed by atoms with E-state index in [1.165, 1.54) is 6.20 Å². The number of aliphatic carboxylic acids is 1. The zero-order chi connectivity index (χ0) is 12.7. The third-order valence-corrected chi connectivity index (χ3v) is 1.80. The minimum absolute atomic E-state index is 0.169. The molecule has 0 aromatic carbocycles. The number of carboxylic acid groups (broad SMARTS) is 1. The summed E-state index contributed by atoms with van der Waals surface area (Å²) in [6, 6.07) is 2.77. The second-order valence-electron chi connectivity index (χ2n) is 3.13. The smallest absolute Gasteiger partial charge is 0.334 e. The average Bonchev–Trinajstić information content (AvgIpc) is 2.34. The molecule has 1 aromatic heterocycles. The molecule has 0 aliphatic rings. The van der Waals surface area contributed by atoms with Gasteiger partial charge in [0.2, 0.25) is 0 Å². The van der Waals surface area contributed by atoms with Gasteiger partial charge in [0.25, 0.3) is 0 Å². The first kappa shape index (κ1) is 12.8. The zero-order valence-electron chi connectivity index (χ0n) is 8.83. The number of urea groups is 1. The van der Waals surface area contributed by atoms with Crippen molar-refractivity contribution in [3.63, 3.8) is 0 Å². The number of carboxylic acids is 1. The number of aromatic nitrogens is 2. The third kappa shape index (κ3) is 4.89. The Kier molecular flexibility index (Phi) is 4.82. The maximum absolute atomic E-state index is 11.2. The lowest BCUT2D eigenvalue weighted by Gasteiger charge is -2.08. The van der Waals surface area contributed by atoms with E-state index in [1.807, 2.05) is 0 Å². The predicted octanol–water partition coefficient (Wildman–Crippen LogP) is -1.28. The van der Waals surface area contributed by atoms with Crippen molar-refractivity contribution in [1.82, 2.24) is 20.8 Å². The van der Waals surface area contributed by atoms with Crippen LogP contribution in [0.25, 0.3) is 0 Å². The Morgan fingerprint density at radius 3 is 2.76 bits per heavy atom. The van der Waals surface area contributed by atoms with Gasteiger partial charge in [-0.1, -0.05) is 0 Å². The molecule has 1 rings (SSSR count). The highest BCUT2D eigenvalue weighted by Gasteiger charge is 2.13. The highest BCUT2D eigenvalue weighted by molar-refractivity contribution is 5.76. The molecular formula is C9H12N4O4. The molecule has 1 heterocycles. The van der Waals surface area contributed by atoms with E-state index in [0.29, 0.717) is 5.69 Å². The summed E-state index contributed by atoms with van der Waals surface area (Å²) >= 11 is 0. The highest BCUT2D eigenvalue weighted by Crippen LogP contribution is 1.89. The number of carbonyl (C=O) groups excluding carboxylic acids is 1. The molecule has 0 aliphatic heterocycles. The standard InChI is InChI=1S/C9H12N4O4/c14-7(8(15)16)5-11-9(17)10-4-6-2-1-3-12-13-6/h1-3,7,14H,4-5H2,(H,15,16)(H2,10,11,17). The molecule has 0 fully saturated rings. The highest BCUT2D eigenvalue weighted by atomic mass is 16.4. The van der Waals surface area contributed by atoms with Crippen LogP contribution >= 0.6 is 0 Å². The summed E-state index contributed by atoms with van der Waals surface area (Å²) in [6.07, 6.45) is -0.107. The first-order chi connectivity index (χ1) is 8.09. The van der Waals surface area contributed by atoms with Crippen LogP contribution in [0.2, 0.25) is 0 Å². The molecule has 8 heteroatoms. The molecule has 0 spiro atoms. The Morgan fingerprint density at radius 1 is 1.41 bits per heavy atom. The fourth-order valence-corrected chi connectivity index (χ4v) is 0.938. The summed E-state index contributed by atoms with van der Waals surface area (Å²) in [5, 5.41) is 29.3. The van der Waals surface area contributed by atoms with Crippen LogP contribution in [0.5, 0.6) is 0 Å². The van der Waals surface area contributed by atoms with Crippen LogP contribution in [0, 0.1) is 0 Å². The van der Waals surface area contributed by atoms with Gasteiger partial charge in [0.1, 0.15) is 0 Å². The van der Waals surface area contributed by atoms with Crippen molar-refractivity contribution in [3.8, 4) is 0 Å². The lowest BCUT2D eigenvalue weighted by Crippen LogP contribution is -2.41. The van der Waals surface area contributed by atoms with Gasteiger partial charge in [-0.05, 0) is 12.1 Å². The molecule has 1 unspecified atom stereocenters. The first-order valence-electron chi connectivity index (χ1n) is 4.78. The van der Waals surface area contributed by atoms with Crippen molar-refractivity contribution in [1.29, 1.82) is 0 Å². The van der Waals surface area contributed by atoms with Gasteiger partial charge in [-0.3, -0.25) is 0 Å². The monoisotopic (exact) mass is 240 g/mol. The second-order valence-corrected chi connectivity index (χ2v) is 3.13. The molecule has 0 saturated heterocycles. The molecule has 0 aliphatic carbocycles.